The van der Waals surface area contributed by atoms with Crippen molar-refractivity contribution < 1.29 is 24.2 Å². The van der Waals surface area contributed by atoms with E-state index in [1.54, 1.807) is 18.2 Å². The first-order valence-electron chi connectivity index (χ1n) is 10.0. The molecule has 1 aromatic heterocycles. The monoisotopic (exact) mass is 449 g/mol. The number of thiophene rings is 1. The maximum absolute atomic E-state index is 13.3. The van der Waals surface area contributed by atoms with Crippen molar-refractivity contribution in [2.24, 2.45) is 0 Å². The lowest BCUT2D eigenvalue weighted by molar-refractivity contribution is -0.132. The third-order valence-electron chi connectivity index (χ3n) is 5.41. The van der Waals surface area contributed by atoms with E-state index in [0.717, 1.165) is 16.0 Å². The van der Waals surface area contributed by atoms with Gasteiger partial charge in [-0.2, -0.15) is 0 Å². The molecule has 2 heterocycles. The Balaban J connectivity index is 2.00. The van der Waals surface area contributed by atoms with Gasteiger partial charge in [-0.05, 0) is 60.7 Å². The third kappa shape index (κ3) is 3.54. The van der Waals surface area contributed by atoms with Crippen LogP contribution in [0, 0.1) is 13.8 Å². The summed E-state index contributed by atoms with van der Waals surface area (Å²) in [6.45, 7) is 3.87. The van der Waals surface area contributed by atoms with Gasteiger partial charge in [-0.25, -0.2) is 0 Å². The maximum atomic E-state index is 13.3. The van der Waals surface area contributed by atoms with E-state index >= 15 is 0 Å². The van der Waals surface area contributed by atoms with Crippen molar-refractivity contribution in [3.8, 4) is 11.5 Å². The van der Waals surface area contributed by atoms with Gasteiger partial charge >= 0.3 is 0 Å². The Morgan fingerprint density at radius 2 is 1.59 bits per heavy atom. The van der Waals surface area contributed by atoms with Gasteiger partial charge < -0.3 is 14.6 Å². The average Bonchev–Trinajstić information content (AvgIpc) is 3.39. The van der Waals surface area contributed by atoms with E-state index in [1.807, 2.05) is 49.6 Å². The summed E-state index contributed by atoms with van der Waals surface area (Å²) < 4.78 is 10.8. The maximum Gasteiger partial charge on any atom is 0.300 e. The summed E-state index contributed by atoms with van der Waals surface area (Å²) in [4.78, 5) is 28.8. The second-order valence-corrected chi connectivity index (χ2v) is 8.55. The Hall–Kier alpha value is -3.58. The molecule has 164 valence electrons. The van der Waals surface area contributed by atoms with Crippen molar-refractivity contribution in [3.05, 3.63) is 81.1 Å². The SMILES string of the molecule is COc1cccc(OC)c1/C(O)=C1\C(=O)C(=O)N(c2cc(C)cc(C)c2)C1c1cccs1. The summed E-state index contributed by atoms with van der Waals surface area (Å²) in [5.41, 5.74) is 2.78. The molecule has 2 aromatic carbocycles. The number of Topliss-reactive ketones (excluding diaryl/α,β-unsaturated/α-hetero) is 1. The molecule has 1 aliphatic heterocycles. The first-order chi connectivity index (χ1) is 15.4. The van der Waals surface area contributed by atoms with Crippen LogP contribution in [0.4, 0.5) is 5.69 Å². The minimum Gasteiger partial charge on any atom is -0.506 e. The van der Waals surface area contributed by atoms with Crippen LogP contribution in [0.25, 0.3) is 5.76 Å². The number of aryl methyl sites for hydroxylation is 2. The van der Waals surface area contributed by atoms with E-state index in [9.17, 15) is 14.7 Å². The van der Waals surface area contributed by atoms with Crippen molar-refractivity contribution >= 4 is 34.5 Å². The van der Waals surface area contributed by atoms with Gasteiger partial charge in [0.15, 0.2) is 0 Å². The van der Waals surface area contributed by atoms with Crippen molar-refractivity contribution in [2.75, 3.05) is 19.1 Å². The molecule has 7 heteroatoms. The molecule has 0 aliphatic carbocycles. The van der Waals surface area contributed by atoms with Gasteiger partial charge in [0.05, 0.1) is 19.8 Å². The average molecular weight is 450 g/mol. The van der Waals surface area contributed by atoms with Gasteiger partial charge in [0.2, 0.25) is 0 Å². The molecule has 3 aromatic rings. The number of rotatable bonds is 5. The van der Waals surface area contributed by atoms with Crippen LogP contribution in [0.3, 0.4) is 0 Å². The van der Waals surface area contributed by atoms with E-state index < -0.39 is 17.7 Å². The molecule has 6 nitrogen and oxygen atoms in total. The standard InChI is InChI=1S/C25H23NO5S/c1-14-11-15(2)13-16(12-14)26-22(19-9-6-10-32-19)21(24(28)25(26)29)23(27)20-17(30-3)7-5-8-18(20)31-4/h5-13,22,27H,1-4H3/b23-21+. The lowest BCUT2D eigenvalue weighted by Crippen LogP contribution is -2.29. The molecule has 0 spiro atoms. The summed E-state index contributed by atoms with van der Waals surface area (Å²) in [5.74, 6) is -1.10. The van der Waals surface area contributed by atoms with E-state index in [-0.39, 0.29) is 16.9 Å². The van der Waals surface area contributed by atoms with E-state index in [1.165, 1.54) is 30.5 Å². The number of nitrogens with zero attached hydrogens (tertiary/aromatic N) is 1. The molecule has 1 atom stereocenters. The van der Waals surface area contributed by atoms with Crippen LogP contribution in [0.5, 0.6) is 11.5 Å². The number of ketones is 1. The zero-order valence-corrected chi connectivity index (χ0v) is 19.0. The molecule has 32 heavy (non-hydrogen) atoms. The lowest BCUT2D eigenvalue weighted by atomic mass is 9.98. The molecule has 1 N–H and O–H groups in total. The number of hydrogen-bond acceptors (Lipinski definition) is 6. The number of carbonyl (C=O) groups excluding carboxylic acids is 2. The number of carbonyl (C=O) groups is 2. The Kier molecular flexibility index (Phi) is 5.76. The highest BCUT2D eigenvalue weighted by Crippen LogP contribution is 2.46. The Morgan fingerprint density at radius 1 is 0.969 bits per heavy atom. The summed E-state index contributed by atoms with van der Waals surface area (Å²) >= 11 is 1.41. The summed E-state index contributed by atoms with van der Waals surface area (Å²) in [7, 11) is 2.94. The molecule has 1 amide bonds. The van der Waals surface area contributed by atoms with E-state index in [4.69, 9.17) is 9.47 Å². The number of anilines is 1. The van der Waals surface area contributed by atoms with Crippen molar-refractivity contribution in [1.82, 2.24) is 0 Å². The predicted molar refractivity (Wildman–Crippen MR) is 125 cm³/mol. The third-order valence-corrected chi connectivity index (χ3v) is 6.33. The Bertz CT molecular complexity index is 1190. The quantitative estimate of drug-likeness (QED) is 0.337. The van der Waals surface area contributed by atoms with Crippen molar-refractivity contribution in [3.63, 3.8) is 0 Å². The zero-order chi connectivity index (χ0) is 23.0. The van der Waals surface area contributed by atoms with E-state index in [0.29, 0.717) is 17.2 Å². The second kappa shape index (κ2) is 8.51. The minimum absolute atomic E-state index is 0.000547. The zero-order valence-electron chi connectivity index (χ0n) is 18.2. The van der Waals surface area contributed by atoms with Crippen molar-refractivity contribution in [1.29, 1.82) is 0 Å². The fraction of sp³-hybridized carbons (Fsp3) is 0.200. The number of aliphatic hydroxyl groups excluding tert-OH is 1. The van der Waals surface area contributed by atoms with Gasteiger partial charge in [-0.1, -0.05) is 18.2 Å². The molecule has 0 saturated carbocycles. The van der Waals surface area contributed by atoms with Crippen molar-refractivity contribution in [2.45, 2.75) is 19.9 Å². The Morgan fingerprint density at radius 3 is 2.12 bits per heavy atom. The van der Waals surface area contributed by atoms with Crippen LogP contribution >= 0.6 is 11.3 Å². The summed E-state index contributed by atoms with van der Waals surface area (Å²) in [5, 5.41) is 13.3. The predicted octanol–water partition coefficient (Wildman–Crippen LogP) is 5.01. The number of benzene rings is 2. The number of amides is 1. The summed E-state index contributed by atoms with van der Waals surface area (Å²) in [6.07, 6.45) is 0. The highest BCUT2D eigenvalue weighted by Gasteiger charge is 2.48. The second-order valence-electron chi connectivity index (χ2n) is 7.57. The van der Waals surface area contributed by atoms with Crippen LogP contribution in [0.15, 0.2) is 59.5 Å². The molecular formula is C25H23NO5S. The Labute approximate surface area is 190 Å². The van der Waals surface area contributed by atoms with Gasteiger partial charge in [0.25, 0.3) is 11.7 Å². The molecule has 0 bridgehead atoms. The largest absolute Gasteiger partial charge is 0.506 e. The van der Waals surface area contributed by atoms with Gasteiger partial charge in [0, 0.05) is 10.6 Å². The molecule has 0 radical (unpaired) electrons. The van der Waals surface area contributed by atoms with Gasteiger partial charge in [0.1, 0.15) is 28.9 Å². The lowest BCUT2D eigenvalue weighted by Gasteiger charge is -2.25. The molecule has 1 aliphatic rings. The fourth-order valence-electron chi connectivity index (χ4n) is 4.12. The molecule has 1 saturated heterocycles. The molecular weight excluding hydrogens is 426 g/mol. The first-order valence-corrected chi connectivity index (χ1v) is 10.9. The van der Waals surface area contributed by atoms with Crippen LogP contribution in [-0.4, -0.2) is 31.0 Å². The van der Waals surface area contributed by atoms with Gasteiger partial charge in [-0.3, -0.25) is 14.5 Å². The number of methoxy groups -OCH3 is 2. The molecule has 1 unspecified atom stereocenters. The summed E-state index contributed by atoms with van der Waals surface area (Å²) in [6, 6.07) is 13.7. The first kappa shape index (κ1) is 21.6. The normalized spacial score (nSPS) is 17.6. The smallest absolute Gasteiger partial charge is 0.300 e. The van der Waals surface area contributed by atoms with Crippen LogP contribution in [0.2, 0.25) is 0 Å². The topological polar surface area (TPSA) is 76.1 Å². The molecule has 4 rings (SSSR count). The highest BCUT2D eigenvalue weighted by atomic mass is 32.1. The van der Waals surface area contributed by atoms with Crippen LogP contribution in [-0.2, 0) is 9.59 Å². The van der Waals surface area contributed by atoms with Crippen LogP contribution in [0.1, 0.15) is 27.6 Å². The number of aliphatic hydroxyl groups is 1. The highest BCUT2D eigenvalue weighted by molar-refractivity contribution is 7.10. The van der Waals surface area contributed by atoms with E-state index in [2.05, 4.69) is 0 Å². The van der Waals surface area contributed by atoms with Gasteiger partial charge in [-0.15, -0.1) is 11.3 Å². The number of ether oxygens (including phenoxy) is 2. The molecule has 1 fully saturated rings. The number of hydrogen-bond donors (Lipinski definition) is 1. The fourth-order valence-corrected chi connectivity index (χ4v) is 4.95. The minimum atomic E-state index is -0.772. The van der Waals surface area contributed by atoms with Crippen LogP contribution < -0.4 is 14.4 Å².